The van der Waals surface area contributed by atoms with E-state index < -0.39 is 0 Å². The van der Waals surface area contributed by atoms with E-state index in [0.29, 0.717) is 11.7 Å². The van der Waals surface area contributed by atoms with Crippen molar-refractivity contribution in [3.8, 4) is 5.75 Å². The van der Waals surface area contributed by atoms with Crippen molar-refractivity contribution in [3.63, 3.8) is 0 Å². The van der Waals surface area contributed by atoms with Crippen LogP contribution in [0.5, 0.6) is 5.75 Å². The number of likely N-dealkylation sites (tertiary alicyclic amines) is 1. The number of piperidine rings is 1. The summed E-state index contributed by atoms with van der Waals surface area (Å²) >= 11 is 0. The van der Waals surface area contributed by atoms with Gasteiger partial charge in [0.25, 0.3) is 5.91 Å². The first-order chi connectivity index (χ1) is 15.5. The molecule has 3 heterocycles. The van der Waals surface area contributed by atoms with E-state index >= 15 is 0 Å². The third-order valence-corrected chi connectivity index (χ3v) is 6.51. The Morgan fingerprint density at radius 2 is 1.88 bits per heavy atom. The average Bonchev–Trinajstić information content (AvgIpc) is 2.83. The van der Waals surface area contributed by atoms with E-state index in [1.165, 1.54) is 0 Å². The summed E-state index contributed by atoms with van der Waals surface area (Å²) in [5.41, 5.74) is 8.24. The quantitative estimate of drug-likeness (QED) is 0.768. The van der Waals surface area contributed by atoms with Gasteiger partial charge in [-0.3, -0.25) is 9.69 Å². The predicted molar refractivity (Wildman–Crippen MR) is 126 cm³/mol. The lowest BCUT2D eigenvalue weighted by Gasteiger charge is -2.44. The van der Waals surface area contributed by atoms with Crippen LogP contribution in [0.25, 0.3) is 0 Å². The average molecular weight is 439 g/mol. The molecule has 2 N–H and O–H groups in total. The molecule has 0 bridgehead atoms. The number of nitrogen functional groups attached to an aromatic ring is 1. The van der Waals surface area contributed by atoms with Crippen LogP contribution in [0.1, 0.15) is 48.8 Å². The molecule has 0 aliphatic carbocycles. The van der Waals surface area contributed by atoms with Gasteiger partial charge in [-0.05, 0) is 37.0 Å². The molecule has 2 saturated heterocycles. The second-order valence-electron chi connectivity index (χ2n) is 8.93. The number of amides is 1. The molecule has 8 heteroatoms. The Hall–Kier alpha value is -2.87. The number of nitrogens with two attached hydrogens (primary N) is 1. The number of anilines is 2. The monoisotopic (exact) mass is 438 g/mol. The molecule has 1 atom stereocenters. The predicted octanol–water partition coefficient (Wildman–Crippen LogP) is 2.62. The maximum absolute atomic E-state index is 13.2. The zero-order valence-electron chi connectivity index (χ0n) is 19.3. The number of carbonyl (C=O) groups excluding carboxylic acids is 1. The van der Waals surface area contributed by atoms with E-state index in [2.05, 4.69) is 31.9 Å². The number of hydrogen-bond donors (Lipinski definition) is 1. The number of nitrogens with zero attached hydrogens (tertiary/aromatic N) is 5. The van der Waals surface area contributed by atoms with E-state index in [9.17, 15) is 4.79 Å². The minimum Gasteiger partial charge on any atom is -0.495 e. The standard InChI is InChI=1S/C24H34N6O2/c1-17(2)19-15-20(27-24(25)26-19)23(31)30-10-6-7-18(16-30)28-11-13-29(14-12-28)21-8-4-5-9-22(21)32-3/h4-5,8-9,15,17-18H,6-7,10-14,16H2,1-3H3,(H2,25,26,27). The number of aromatic nitrogens is 2. The molecule has 2 fully saturated rings. The molecule has 1 aromatic heterocycles. The number of methoxy groups -OCH3 is 1. The first kappa shape index (κ1) is 22.3. The van der Waals surface area contributed by atoms with Crippen molar-refractivity contribution in [2.45, 2.75) is 38.6 Å². The summed E-state index contributed by atoms with van der Waals surface area (Å²) in [4.78, 5) is 28.6. The number of ether oxygens (including phenoxy) is 1. The molecule has 4 rings (SSSR count). The lowest BCUT2D eigenvalue weighted by molar-refractivity contribution is 0.0558. The molecule has 32 heavy (non-hydrogen) atoms. The molecule has 1 aromatic carbocycles. The highest BCUT2D eigenvalue weighted by atomic mass is 16.5. The van der Waals surface area contributed by atoms with Crippen LogP contribution >= 0.6 is 0 Å². The molecule has 1 unspecified atom stereocenters. The van der Waals surface area contributed by atoms with Gasteiger partial charge >= 0.3 is 0 Å². The third kappa shape index (κ3) is 4.80. The van der Waals surface area contributed by atoms with Crippen molar-refractivity contribution in [2.24, 2.45) is 0 Å². The van der Waals surface area contributed by atoms with E-state index in [4.69, 9.17) is 10.5 Å². The Morgan fingerprint density at radius 3 is 2.59 bits per heavy atom. The summed E-state index contributed by atoms with van der Waals surface area (Å²) in [6.45, 7) is 9.42. The fourth-order valence-electron chi connectivity index (χ4n) is 4.71. The van der Waals surface area contributed by atoms with Crippen LogP contribution in [0.3, 0.4) is 0 Å². The lowest BCUT2D eigenvalue weighted by Crippen LogP contribution is -2.56. The lowest BCUT2D eigenvalue weighted by atomic mass is 10.0. The van der Waals surface area contributed by atoms with E-state index in [0.717, 1.165) is 69.2 Å². The van der Waals surface area contributed by atoms with Gasteiger partial charge < -0.3 is 20.3 Å². The molecule has 0 saturated carbocycles. The van der Waals surface area contributed by atoms with E-state index in [1.807, 2.05) is 30.9 Å². The van der Waals surface area contributed by atoms with Crippen LogP contribution in [0, 0.1) is 0 Å². The largest absolute Gasteiger partial charge is 0.495 e. The number of hydrogen-bond acceptors (Lipinski definition) is 7. The van der Waals surface area contributed by atoms with Crippen LogP contribution in [0.2, 0.25) is 0 Å². The molecule has 0 spiro atoms. The van der Waals surface area contributed by atoms with Crippen molar-refractivity contribution in [3.05, 3.63) is 41.7 Å². The van der Waals surface area contributed by atoms with Crippen molar-refractivity contribution >= 4 is 17.5 Å². The first-order valence-corrected chi connectivity index (χ1v) is 11.5. The highest BCUT2D eigenvalue weighted by Gasteiger charge is 2.31. The fourth-order valence-corrected chi connectivity index (χ4v) is 4.71. The summed E-state index contributed by atoms with van der Waals surface area (Å²) in [5.74, 6) is 1.24. The van der Waals surface area contributed by atoms with Gasteiger partial charge in [0.05, 0.1) is 12.8 Å². The maximum Gasteiger partial charge on any atom is 0.272 e. The number of carbonyl (C=O) groups is 1. The van der Waals surface area contributed by atoms with Crippen molar-refractivity contribution < 1.29 is 9.53 Å². The molecule has 2 aliphatic rings. The van der Waals surface area contributed by atoms with Gasteiger partial charge in [-0.2, -0.15) is 0 Å². The Kier molecular flexibility index (Phi) is 6.79. The van der Waals surface area contributed by atoms with Gasteiger partial charge in [0.2, 0.25) is 5.95 Å². The van der Waals surface area contributed by atoms with Crippen LogP contribution in [-0.2, 0) is 0 Å². The molecule has 172 valence electrons. The summed E-state index contributed by atoms with van der Waals surface area (Å²) in [5, 5.41) is 0. The number of piperazine rings is 1. The van der Waals surface area contributed by atoms with Gasteiger partial charge in [-0.1, -0.05) is 26.0 Å². The minimum atomic E-state index is -0.0432. The minimum absolute atomic E-state index is 0.0432. The Balaban J connectivity index is 1.39. The van der Waals surface area contributed by atoms with E-state index in [-0.39, 0.29) is 17.8 Å². The normalized spacial score (nSPS) is 19.9. The zero-order valence-corrected chi connectivity index (χ0v) is 19.3. The van der Waals surface area contributed by atoms with Crippen molar-refractivity contribution in [2.75, 3.05) is 57.0 Å². The molecule has 8 nitrogen and oxygen atoms in total. The van der Waals surface area contributed by atoms with Gasteiger partial charge in [0.1, 0.15) is 11.4 Å². The smallest absolute Gasteiger partial charge is 0.272 e. The van der Waals surface area contributed by atoms with Gasteiger partial charge in [-0.25, -0.2) is 9.97 Å². The fraction of sp³-hybridized carbons (Fsp3) is 0.542. The second kappa shape index (κ2) is 9.73. The third-order valence-electron chi connectivity index (χ3n) is 6.51. The Labute approximate surface area is 190 Å². The highest BCUT2D eigenvalue weighted by Crippen LogP contribution is 2.29. The van der Waals surface area contributed by atoms with E-state index in [1.54, 1.807) is 13.2 Å². The van der Waals surface area contributed by atoms with Crippen LogP contribution < -0.4 is 15.4 Å². The molecular formula is C24H34N6O2. The van der Waals surface area contributed by atoms with Gasteiger partial charge in [0, 0.05) is 51.0 Å². The number of benzene rings is 1. The summed E-state index contributed by atoms with van der Waals surface area (Å²) < 4.78 is 5.54. The Bertz CT molecular complexity index is 942. The molecular weight excluding hydrogens is 404 g/mol. The summed E-state index contributed by atoms with van der Waals surface area (Å²) in [7, 11) is 1.72. The van der Waals surface area contributed by atoms with Gasteiger partial charge in [0.15, 0.2) is 0 Å². The Morgan fingerprint density at radius 1 is 1.12 bits per heavy atom. The summed E-state index contributed by atoms with van der Waals surface area (Å²) in [6.07, 6.45) is 2.11. The number of para-hydroxylation sites is 2. The first-order valence-electron chi connectivity index (χ1n) is 11.5. The van der Waals surface area contributed by atoms with Crippen LogP contribution in [-0.4, -0.2) is 78.1 Å². The molecule has 0 radical (unpaired) electrons. The SMILES string of the molecule is COc1ccccc1N1CCN(C2CCCN(C(=O)c3cc(C(C)C)nc(N)n3)C2)CC1. The van der Waals surface area contributed by atoms with Crippen molar-refractivity contribution in [1.82, 2.24) is 19.8 Å². The molecule has 2 aromatic rings. The molecule has 1 amide bonds. The van der Waals surface area contributed by atoms with Crippen LogP contribution in [0.4, 0.5) is 11.6 Å². The number of rotatable bonds is 5. The van der Waals surface area contributed by atoms with Gasteiger partial charge in [-0.15, -0.1) is 0 Å². The zero-order chi connectivity index (χ0) is 22.7. The highest BCUT2D eigenvalue weighted by molar-refractivity contribution is 5.92. The topological polar surface area (TPSA) is 87.8 Å². The second-order valence-corrected chi connectivity index (χ2v) is 8.93. The maximum atomic E-state index is 13.2. The van der Waals surface area contributed by atoms with Crippen LogP contribution in [0.15, 0.2) is 30.3 Å². The summed E-state index contributed by atoms with van der Waals surface area (Å²) in [6, 6.07) is 10.3. The molecule has 2 aliphatic heterocycles. The van der Waals surface area contributed by atoms with Crippen molar-refractivity contribution in [1.29, 1.82) is 0 Å².